The summed E-state index contributed by atoms with van der Waals surface area (Å²) in [4.78, 5) is 23.6. The first-order valence-electron chi connectivity index (χ1n) is 13.8. The first-order valence-corrected chi connectivity index (χ1v) is 13.8. The van der Waals surface area contributed by atoms with Crippen molar-refractivity contribution >= 4 is 32.7 Å². The summed E-state index contributed by atoms with van der Waals surface area (Å²) in [7, 11) is 0. The molecule has 4 aromatic heterocycles. The first kappa shape index (κ1) is 24.0. The highest BCUT2D eigenvalue weighted by Crippen LogP contribution is 2.29. The predicted molar refractivity (Wildman–Crippen MR) is 170 cm³/mol. The standard InChI is InChI=1S/C37H23N5/c1-2-6-31-26(4-1)17-20-33(41-31)35-23-39-34(22-40-35)28-13-9-25(10-14-28)24-7-11-27(12-8-24)32-19-18-30-16-15-29-5-3-21-38-36(29)37(30)42-32/h1-23H. The van der Waals surface area contributed by atoms with E-state index >= 15 is 0 Å². The molecule has 4 heterocycles. The normalized spacial score (nSPS) is 11.3. The van der Waals surface area contributed by atoms with E-state index in [9.17, 15) is 0 Å². The van der Waals surface area contributed by atoms with Gasteiger partial charge >= 0.3 is 0 Å². The zero-order chi connectivity index (χ0) is 27.9. The molecule has 0 saturated heterocycles. The molecule has 196 valence electrons. The average Bonchev–Trinajstić information content (AvgIpc) is 3.08. The van der Waals surface area contributed by atoms with Gasteiger partial charge in [-0.2, -0.15) is 0 Å². The summed E-state index contributed by atoms with van der Waals surface area (Å²) in [6.07, 6.45) is 5.42. The van der Waals surface area contributed by atoms with E-state index in [2.05, 4.69) is 106 Å². The van der Waals surface area contributed by atoms with E-state index in [-0.39, 0.29) is 0 Å². The van der Waals surface area contributed by atoms with Gasteiger partial charge in [-0.25, -0.2) is 9.97 Å². The van der Waals surface area contributed by atoms with Crippen LogP contribution in [0.2, 0.25) is 0 Å². The van der Waals surface area contributed by atoms with Crippen LogP contribution < -0.4 is 0 Å². The van der Waals surface area contributed by atoms with Crippen molar-refractivity contribution in [3.8, 4) is 45.0 Å². The number of nitrogens with zero attached hydrogens (tertiary/aromatic N) is 5. The summed E-state index contributed by atoms with van der Waals surface area (Å²) >= 11 is 0. The van der Waals surface area contributed by atoms with E-state index in [0.717, 1.165) is 77.7 Å². The molecule has 0 fully saturated rings. The number of para-hydroxylation sites is 1. The van der Waals surface area contributed by atoms with Crippen LogP contribution in [-0.4, -0.2) is 24.9 Å². The maximum absolute atomic E-state index is 4.98. The zero-order valence-electron chi connectivity index (χ0n) is 22.5. The molecule has 0 unspecified atom stereocenters. The van der Waals surface area contributed by atoms with Crippen LogP contribution in [0, 0.1) is 0 Å². The monoisotopic (exact) mass is 537 g/mol. The van der Waals surface area contributed by atoms with Crippen molar-refractivity contribution < 1.29 is 0 Å². The third-order valence-corrected chi connectivity index (χ3v) is 7.64. The highest BCUT2D eigenvalue weighted by molar-refractivity contribution is 6.03. The van der Waals surface area contributed by atoms with Crippen molar-refractivity contribution in [3.05, 3.63) is 140 Å². The SMILES string of the molecule is c1ccc2nc(-c3cnc(-c4ccc(-c5ccc(-c6ccc7ccc8cccnc8c7n6)cc5)cc4)cn3)ccc2c1. The Balaban J connectivity index is 1.03. The minimum atomic E-state index is 0.756. The lowest BCUT2D eigenvalue weighted by Gasteiger charge is -2.08. The topological polar surface area (TPSA) is 64.5 Å². The predicted octanol–water partition coefficient (Wildman–Crippen LogP) is 8.79. The zero-order valence-corrected chi connectivity index (χ0v) is 22.5. The lowest BCUT2D eigenvalue weighted by molar-refractivity contribution is 1.19. The fraction of sp³-hybridized carbons (Fsp3) is 0. The number of hydrogen-bond acceptors (Lipinski definition) is 5. The third kappa shape index (κ3) is 4.34. The Morgan fingerprint density at radius 2 is 0.905 bits per heavy atom. The highest BCUT2D eigenvalue weighted by Gasteiger charge is 2.09. The largest absolute Gasteiger partial charge is 0.254 e. The van der Waals surface area contributed by atoms with Gasteiger partial charge < -0.3 is 0 Å². The van der Waals surface area contributed by atoms with Crippen molar-refractivity contribution in [2.24, 2.45) is 0 Å². The summed E-state index contributed by atoms with van der Waals surface area (Å²) in [6.45, 7) is 0. The van der Waals surface area contributed by atoms with Gasteiger partial charge in [0.25, 0.3) is 0 Å². The van der Waals surface area contributed by atoms with E-state index in [1.54, 1.807) is 6.20 Å². The van der Waals surface area contributed by atoms with Crippen LogP contribution in [0.5, 0.6) is 0 Å². The second-order valence-corrected chi connectivity index (χ2v) is 10.2. The Labute approximate surface area is 242 Å². The van der Waals surface area contributed by atoms with Crippen LogP contribution in [0.15, 0.2) is 140 Å². The van der Waals surface area contributed by atoms with Crippen molar-refractivity contribution in [3.63, 3.8) is 0 Å². The first-order chi connectivity index (χ1) is 20.8. The van der Waals surface area contributed by atoms with E-state index in [1.165, 1.54) is 0 Å². The molecular formula is C37H23N5. The number of pyridine rings is 3. The van der Waals surface area contributed by atoms with Gasteiger partial charge in [0.2, 0.25) is 0 Å². The molecule has 5 nitrogen and oxygen atoms in total. The molecule has 42 heavy (non-hydrogen) atoms. The van der Waals surface area contributed by atoms with Gasteiger partial charge in [0.05, 0.1) is 46.0 Å². The summed E-state index contributed by atoms with van der Waals surface area (Å²) in [6, 6.07) is 41.5. The van der Waals surface area contributed by atoms with E-state index in [1.807, 2.05) is 42.7 Å². The molecule has 0 aliphatic carbocycles. The van der Waals surface area contributed by atoms with Crippen LogP contribution in [0.1, 0.15) is 0 Å². The maximum atomic E-state index is 4.98. The molecule has 0 N–H and O–H groups in total. The van der Waals surface area contributed by atoms with Gasteiger partial charge in [0, 0.05) is 33.5 Å². The lowest BCUT2D eigenvalue weighted by Crippen LogP contribution is -1.92. The smallest absolute Gasteiger partial charge is 0.107 e. The van der Waals surface area contributed by atoms with Crippen LogP contribution in [0.3, 0.4) is 0 Å². The Morgan fingerprint density at radius 3 is 1.67 bits per heavy atom. The van der Waals surface area contributed by atoms with E-state index < -0.39 is 0 Å². The van der Waals surface area contributed by atoms with E-state index in [4.69, 9.17) is 9.97 Å². The Bertz CT molecular complexity index is 2220. The fourth-order valence-electron chi connectivity index (χ4n) is 5.37. The lowest BCUT2D eigenvalue weighted by atomic mass is 10.0. The molecule has 0 aliphatic heterocycles. The quantitative estimate of drug-likeness (QED) is 0.210. The molecule has 8 aromatic rings. The Kier molecular flexibility index (Phi) is 5.71. The average molecular weight is 538 g/mol. The van der Waals surface area contributed by atoms with Gasteiger partial charge in [-0.1, -0.05) is 97.1 Å². The number of benzene rings is 4. The summed E-state index contributed by atoms with van der Waals surface area (Å²) in [5.41, 5.74) is 10.5. The molecule has 0 saturated carbocycles. The van der Waals surface area contributed by atoms with E-state index in [0.29, 0.717) is 0 Å². The van der Waals surface area contributed by atoms with Crippen LogP contribution in [-0.2, 0) is 0 Å². The van der Waals surface area contributed by atoms with Crippen LogP contribution in [0.25, 0.3) is 77.7 Å². The molecule has 0 bridgehead atoms. The molecule has 0 spiro atoms. The Morgan fingerprint density at radius 1 is 0.333 bits per heavy atom. The molecule has 0 radical (unpaired) electrons. The molecular weight excluding hydrogens is 514 g/mol. The van der Waals surface area contributed by atoms with Gasteiger partial charge in [-0.15, -0.1) is 0 Å². The number of hydrogen-bond donors (Lipinski definition) is 0. The van der Waals surface area contributed by atoms with Crippen LogP contribution >= 0.6 is 0 Å². The van der Waals surface area contributed by atoms with Crippen molar-refractivity contribution in [2.45, 2.75) is 0 Å². The fourth-order valence-corrected chi connectivity index (χ4v) is 5.37. The number of aromatic nitrogens is 5. The second kappa shape index (κ2) is 9.98. The number of fused-ring (bicyclic) bond motifs is 4. The van der Waals surface area contributed by atoms with Crippen LogP contribution in [0.4, 0.5) is 0 Å². The summed E-state index contributed by atoms with van der Waals surface area (Å²) in [5, 5.41) is 3.29. The Hall–Kier alpha value is -5.81. The minimum Gasteiger partial charge on any atom is -0.254 e. The highest BCUT2D eigenvalue weighted by atomic mass is 14.8. The van der Waals surface area contributed by atoms with Gasteiger partial charge in [-0.05, 0) is 35.4 Å². The molecule has 0 amide bonds. The summed E-state index contributed by atoms with van der Waals surface area (Å²) < 4.78 is 0. The van der Waals surface area contributed by atoms with Gasteiger partial charge in [0.1, 0.15) is 5.69 Å². The third-order valence-electron chi connectivity index (χ3n) is 7.64. The van der Waals surface area contributed by atoms with Crippen molar-refractivity contribution in [2.75, 3.05) is 0 Å². The maximum Gasteiger partial charge on any atom is 0.107 e. The molecule has 5 heteroatoms. The molecule has 0 aliphatic rings. The van der Waals surface area contributed by atoms with Crippen molar-refractivity contribution in [1.82, 2.24) is 24.9 Å². The summed E-state index contributed by atoms with van der Waals surface area (Å²) in [5.74, 6) is 0. The second-order valence-electron chi connectivity index (χ2n) is 10.2. The van der Waals surface area contributed by atoms with Gasteiger partial charge in [0.15, 0.2) is 0 Å². The van der Waals surface area contributed by atoms with Gasteiger partial charge in [-0.3, -0.25) is 15.0 Å². The molecule has 4 aromatic carbocycles. The minimum absolute atomic E-state index is 0.756. The number of rotatable bonds is 4. The van der Waals surface area contributed by atoms with Crippen molar-refractivity contribution in [1.29, 1.82) is 0 Å². The molecule has 0 atom stereocenters. The molecule has 8 rings (SSSR count).